The molecule has 1 aliphatic heterocycles. The van der Waals surface area contributed by atoms with Crippen LogP contribution in [0.3, 0.4) is 0 Å². The zero-order valence-electron chi connectivity index (χ0n) is 11.0. The molecule has 2 atom stereocenters. The highest BCUT2D eigenvalue weighted by Gasteiger charge is 2.41. The maximum Gasteiger partial charge on any atom is 0.0127 e. The quantitative estimate of drug-likeness (QED) is 0.574. The van der Waals surface area contributed by atoms with E-state index in [9.17, 15) is 0 Å². The fraction of sp³-hybridized carbons (Fsp3) is 1.00. The van der Waals surface area contributed by atoms with Crippen molar-refractivity contribution in [3.63, 3.8) is 0 Å². The van der Waals surface area contributed by atoms with Gasteiger partial charge in [-0.1, -0.05) is 20.8 Å². The molecule has 0 amide bonds. The summed E-state index contributed by atoms with van der Waals surface area (Å²) in [6, 6.07) is 0.731. The van der Waals surface area contributed by atoms with Crippen molar-refractivity contribution in [1.82, 2.24) is 4.90 Å². The molecule has 14 heavy (non-hydrogen) atoms. The second kappa shape index (κ2) is 3.52. The van der Waals surface area contributed by atoms with Crippen molar-refractivity contribution in [2.75, 3.05) is 6.54 Å². The van der Waals surface area contributed by atoms with Crippen LogP contribution in [0.2, 0.25) is 0 Å². The smallest absolute Gasteiger partial charge is 0.0127 e. The third-order valence-corrected chi connectivity index (χ3v) is 3.73. The van der Waals surface area contributed by atoms with Crippen molar-refractivity contribution in [1.29, 1.82) is 0 Å². The first-order valence-corrected chi connectivity index (χ1v) is 5.91. The van der Waals surface area contributed by atoms with E-state index in [-0.39, 0.29) is 0 Å². The summed E-state index contributed by atoms with van der Waals surface area (Å²) in [6.45, 7) is 17.8. The van der Waals surface area contributed by atoms with Crippen LogP contribution in [0.5, 0.6) is 0 Å². The Hall–Kier alpha value is -0.0400. The SMILES string of the molecule is CC1C(C(C)(C)C)CCN1C(C)(C)C. The van der Waals surface area contributed by atoms with Crippen LogP contribution >= 0.6 is 0 Å². The first-order valence-electron chi connectivity index (χ1n) is 5.91. The molecule has 0 aliphatic carbocycles. The molecular weight excluding hydrogens is 170 g/mol. The molecule has 0 aromatic rings. The Bertz CT molecular complexity index is 172. The molecule has 1 fully saturated rings. The number of hydrogen-bond acceptors (Lipinski definition) is 1. The molecule has 84 valence electrons. The summed E-state index contributed by atoms with van der Waals surface area (Å²) in [4.78, 5) is 2.66. The maximum absolute atomic E-state index is 2.66. The normalized spacial score (nSPS) is 31.1. The van der Waals surface area contributed by atoms with Crippen LogP contribution < -0.4 is 0 Å². The van der Waals surface area contributed by atoms with Crippen molar-refractivity contribution >= 4 is 0 Å². The molecule has 0 bridgehead atoms. The predicted molar refractivity (Wildman–Crippen MR) is 63.5 cm³/mol. The van der Waals surface area contributed by atoms with E-state index in [0.717, 1.165) is 12.0 Å². The minimum absolute atomic E-state index is 0.333. The van der Waals surface area contributed by atoms with Crippen LogP contribution in [0, 0.1) is 11.3 Å². The highest BCUT2D eigenvalue weighted by Crippen LogP contribution is 2.40. The molecule has 2 unspecified atom stereocenters. The molecule has 0 radical (unpaired) electrons. The van der Waals surface area contributed by atoms with Gasteiger partial charge in [0.15, 0.2) is 0 Å². The number of likely N-dealkylation sites (tertiary alicyclic amines) is 1. The molecule has 1 heteroatoms. The molecule has 0 saturated carbocycles. The van der Waals surface area contributed by atoms with Gasteiger partial charge in [-0.15, -0.1) is 0 Å². The lowest BCUT2D eigenvalue weighted by molar-refractivity contribution is 0.0908. The molecule has 0 N–H and O–H groups in total. The van der Waals surface area contributed by atoms with Gasteiger partial charge in [0.2, 0.25) is 0 Å². The lowest BCUT2D eigenvalue weighted by atomic mass is 9.76. The highest BCUT2D eigenvalue weighted by molar-refractivity contribution is 4.95. The predicted octanol–water partition coefficient (Wildman–Crippen LogP) is 3.54. The third kappa shape index (κ3) is 2.31. The monoisotopic (exact) mass is 197 g/mol. The summed E-state index contributed by atoms with van der Waals surface area (Å²) in [5.41, 5.74) is 0.791. The summed E-state index contributed by atoms with van der Waals surface area (Å²) < 4.78 is 0. The van der Waals surface area contributed by atoms with Gasteiger partial charge in [0.05, 0.1) is 0 Å². The van der Waals surface area contributed by atoms with Gasteiger partial charge < -0.3 is 0 Å². The van der Waals surface area contributed by atoms with Crippen molar-refractivity contribution in [3.05, 3.63) is 0 Å². The second-order valence-corrected chi connectivity index (χ2v) is 6.87. The Kier molecular flexibility index (Phi) is 3.02. The Morgan fingerprint density at radius 3 is 1.71 bits per heavy atom. The molecule has 1 saturated heterocycles. The first kappa shape index (κ1) is 12.0. The molecule has 1 aliphatic rings. The van der Waals surface area contributed by atoms with E-state index >= 15 is 0 Å². The lowest BCUT2D eigenvalue weighted by Gasteiger charge is -2.39. The van der Waals surface area contributed by atoms with E-state index in [1.165, 1.54) is 13.0 Å². The molecule has 1 rings (SSSR count). The topological polar surface area (TPSA) is 3.24 Å². The molecular formula is C13H27N. The van der Waals surface area contributed by atoms with Crippen LogP contribution in [0.1, 0.15) is 54.9 Å². The van der Waals surface area contributed by atoms with Gasteiger partial charge in [0, 0.05) is 11.6 Å². The molecule has 1 nitrogen and oxygen atoms in total. The zero-order valence-corrected chi connectivity index (χ0v) is 11.0. The van der Waals surface area contributed by atoms with E-state index < -0.39 is 0 Å². The maximum atomic E-state index is 2.66. The number of nitrogens with zero attached hydrogens (tertiary/aromatic N) is 1. The lowest BCUT2D eigenvalue weighted by Crippen LogP contribution is -2.46. The largest absolute Gasteiger partial charge is 0.296 e. The van der Waals surface area contributed by atoms with Crippen LogP contribution in [0.25, 0.3) is 0 Å². The molecule has 0 spiro atoms. The van der Waals surface area contributed by atoms with Gasteiger partial charge in [-0.2, -0.15) is 0 Å². The van der Waals surface area contributed by atoms with E-state index in [1.54, 1.807) is 0 Å². The van der Waals surface area contributed by atoms with Gasteiger partial charge in [-0.05, 0) is 52.0 Å². The second-order valence-electron chi connectivity index (χ2n) is 6.87. The van der Waals surface area contributed by atoms with Crippen LogP contribution in [0.15, 0.2) is 0 Å². The van der Waals surface area contributed by atoms with Gasteiger partial charge in [0.25, 0.3) is 0 Å². The average Bonchev–Trinajstić information content (AvgIpc) is 2.26. The minimum Gasteiger partial charge on any atom is -0.296 e. The van der Waals surface area contributed by atoms with E-state index in [2.05, 4.69) is 53.4 Å². The summed E-state index contributed by atoms with van der Waals surface area (Å²) in [5, 5.41) is 0. The third-order valence-electron chi connectivity index (χ3n) is 3.73. The Morgan fingerprint density at radius 1 is 1.00 bits per heavy atom. The van der Waals surface area contributed by atoms with E-state index in [0.29, 0.717) is 11.0 Å². The van der Waals surface area contributed by atoms with E-state index in [4.69, 9.17) is 0 Å². The minimum atomic E-state index is 0.333. The number of rotatable bonds is 0. The number of hydrogen-bond donors (Lipinski definition) is 0. The van der Waals surface area contributed by atoms with Crippen LogP contribution in [0.4, 0.5) is 0 Å². The van der Waals surface area contributed by atoms with Crippen LogP contribution in [-0.2, 0) is 0 Å². The van der Waals surface area contributed by atoms with Crippen molar-refractivity contribution in [3.8, 4) is 0 Å². The molecule has 1 heterocycles. The summed E-state index contributed by atoms with van der Waals surface area (Å²) >= 11 is 0. The van der Waals surface area contributed by atoms with Crippen LogP contribution in [-0.4, -0.2) is 23.0 Å². The first-order chi connectivity index (χ1) is 6.14. The fourth-order valence-electron chi connectivity index (χ4n) is 3.04. The van der Waals surface area contributed by atoms with Crippen molar-refractivity contribution < 1.29 is 0 Å². The van der Waals surface area contributed by atoms with Crippen molar-refractivity contribution in [2.45, 2.75) is 66.5 Å². The molecule has 0 aromatic carbocycles. The van der Waals surface area contributed by atoms with Gasteiger partial charge >= 0.3 is 0 Å². The van der Waals surface area contributed by atoms with Crippen molar-refractivity contribution in [2.24, 2.45) is 11.3 Å². The Morgan fingerprint density at radius 2 is 1.50 bits per heavy atom. The Balaban J connectivity index is 2.75. The van der Waals surface area contributed by atoms with Gasteiger partial charge in [0.1, 0.15) is 0 Å². The summed E-state index contributed by atoms with van der Waals surface area (Å²) in [7, 11) is 0. The summed E-state index contributed by atoms with van der Waals surface area (Å²) in [6.07, 6.45) is 1.36. The standard InChI is InChI=1S/C13H27N/c1-10-11(12(2,3)4)8-9-14(10)13(5,6)7/h10-11H,8-9H2,1-7H3. The molecule has 0 aromatic heterocycles. The summed E-state index contributed by atoms with van der Waals surface area (Å²) in [5.74, 6) is 0.849. The fourth-order valence-corrected chi connectivity index (χ4v) is 3.04. The van der Waals surface area contributed by atoms with Gasteiger partial charge in [-0.3, -0.25) is 4.90 Å². The average molecular weight is 197 g/mol. The zero-order chi connectivity index (χ0) is 11.1. The highest BCUT2D eigenvalue weighted by atomic mass is 15.2. The van der Waals surface area contributed by atoms with Gasteiger partial charge in [-0.25, -0.2) is 0 Å². The van der Waals surface area contributed by atoms with E-state index in [1.807, 2.05) is 0 Å². The Labute approximate surface area is 89.9 Å².